The number of aromatic nitrogens is 2. The van der Waals surface area contributed by atoms with Gasteiger partial charge in [-0.3, -0.25) is 4.79 Å². The van der Waals surface area contributed by atoms with E-state index in [1.807, 2.05) is 44.2 Å². The number of thioether (sulfide) groups is 1. The van der Waals surface area contributed by atoms with Crippen LogP contribution < -0.4 is 10.6 Å². The molecule has 0 saturated carbocycles. The molecule has 0 aliphatic heterocycles. The molecule has 2 aromatic carbocycles. The van der Waals surface area contributed by atoms with E-state index < -0.39 is 0 Å². The summed E-state index contributed by atoms with van der Waals surface area (Å²) in [5.74, 6) is -0.131. The topological polar surface area (TPSA) is 90.7 Å². The molecule has 8 heteroatoms. The van der Waals surface area contributed by atoms with Crippen LogP contribution in [0.4, 0.5) is 16.5 Å². The van der Waals surface area contributed by atoms with Gasteiger partial charge in [0.1, 0.15) is 0 Å². The number of hydrogen-bond donors (Lipinski definition) is 2. The first-order valence-electron chi connectivity index (χ1n) is 8.19. The van der Waals surface area contributed by atoms with E-state index >= 15 is 0 Å². The predicted octanol–water partition coefficient (Wildman–Crippen LogP) is 4.58. The molecule has 1 heterocycles. The second kappa shape index (κ2) is 8.66. The third-order valence-electron chi connectivity index (χ3n) is 3.72. The zero-order valence-electron chi connectivity index (χ0n) is 14.8. The third kappa shape index (κ3) is 5.06. The summed E-state index contributed by atoms with van der Waals surface area (Å²) in [4.78, 5) is 12.4. The molecule has 0 bridgehead atoms. The van der Waals surface area contributed by atoms with Crippen molar-refractivity contribution in [3.63, 3.8) is 0 Å². The average molecular weight is 396 g/mol. The highest BCUT2D eigenvalue weighted by Gasteiger charge is 2.17. The zero-order chi connectivity index (χ0) is 19.2. The highest BCUT2D eigenvalue weighted by molar-refractivity contribution is 8.02. The molecule has 1 atom stereocenters. The molecule has 1 aromatic heterocycles. The molecule has 3 rings (SSSR count). The minimum absolute atomic E-state index is 0.131. The maximum absolute atomic E-state index is 12.4. The zero-order valence-corrected chi connectivity index (χ0v) is 16.4. The minimum Gasteiger partial charge on any atom is -0.330 e. The lowest BCUT2D eigenvalue weighted by Crippen LogP contribution is -2.22. The van der Waals surface area contributed by atoms with Crippen LogP contribution in [0.1, 0.15) is 18.1 Å². The summed E-state index contributed by atoms with van der Waals surface area (Å²) in [7, 11) is 0. The van der Waals surface area contributed by atoms with Crippen molar-refractivity contribution in [3.8, 4) is 6.07 Å². The number of nitrogens with zero attached hydrogens (tertiary/aromatic N) is 3. The molecular formula is C19H17N5OS2. The number of nitriles is 1. The Balaban J connectivity index is 1.58. The lowest BCUT2D eigenvalue weighted by Gasteiger charge is -2.10. The van der Waals surface area contributed by atoms with Crippen LogP contribution in [0.2, 0.25) is 0 Å². The van der Waals surface area contributed by atoms with Crippen molar-refractivity contribution < 1.29 is 4.79 Å². The van der Waals surface area contributed by atoms with Gasteiger partial charge in [0.05, 0.1) is 16.9 Å². The number of benzene rings is 2. The summed E-state index contributed by atoms with van der Waals surface area (Å²) in [5, 5.41) is 23.5. The second-order valence-electron chi connectivity index (χ2n) is 5.75. The van der Waals surface area contributed by atoms with Crippen LogP contribution in [-0.2, 0) is 4.79 Å². The van der Waals surface area contributed by atoms with E-state index in [-0.39, 0.29) is 11.2 Å². The molecule has 3 aromatic rings. The van der Waals surface area contributed by atoms with Crippen molar-refractivity contribution in [2.75, 3.05) is 10.6 Å². The fraction of sp³-hybridized carbons (Fsp3) is 0.158. The fourth-order valence-electron chi connectivity index (χ4n) is 2.21. The molecule has 0 aliphatic rings. The molecule has 0 fully saturated rings. The molecular weight excluding hydrogens is 378 g/mol. The van der Waals surface area contributed by atoms with Gasteiger partial charge >= 0.3 is 0 Å². The molecule has 1 amide bonds. The molecule has 2 N–H and O–H groups in total. The van der Waals surface area contributed by atoms with Gasteiger partial charge in [-0.05, 0) is 49.7 Å². The van der Waals surface area contributed by atoms with Crippen LogP contribution in [0.25, 0.3) is 0 Å². The van der Waals surface area contributed by atoms with Crippen molar-refractivity contribution in [2.45, 2.75) is 23.4 Å². The first kappa shape index (κ1) is 18.9. The molecule has 0 unspecified atom stereocenters. The van der Waals surface area contributed by atoms with E-state index in [1.54, 1.807) is 24.3 Å². The Kier molecular flexibility index (Phi) is 6.06. The molecule has 0 aliphatic carbocycles. The number of aryl methyl sites for hydroxylation is 1. The van der Waals surface area contributed by atoms with Crippen molar-refractivity contribution >= 4 is 45.5 Å². The summed E-state index contributed by atoms with van der Waals surface area (Å²) in [6, 6.07) is 16.8. The van der Waals surface area contributed by atoms with Gasteiger partial charge in [-0.1, -0.05) is 41.3 Å². The summed E-state index contributed by atoms with van der Waals surface area (Å²) < 4.78 is 0.716. The largest absolute Gasteiger partial charge is 0.330 e. The summed E-state index contributed by atoms with van der Waals surface area (Å²) in [5.41, 5.74) is 3.32. The molecule has 27 heavy (non-hydrogen) atoms. The van der Waals surface area contributed by atoms with Gasteiger partial charge in [0.25, 0.3) is 0 Å². The van der Waals surface area contributed by atoms with E-state index in [0.717, 1.165) is 11.3 Å². The molecule has 6 nitrogen and oxygen atoms in total. The van der Waals surface area contributed by atoms with Crippen LogP contribution in [0, 0.1) is 18.3 Å². The quantitative estimate of drug-likeness (QED) is 0.594. The smallest absolute Gasteiger partial charge is 0.237 e. The monoisotopic (exact) mass is 395 g/mol. The summed E-state index contributed by atoms with van der Waals surface area (Å²) in [6.45, 7) is 3.84. The van der Waals surface area contributed by atoms with E-state index in [1.165, 1.54) is 23.1 Å². The first-order valence-corrected chi connectivity index (χ1v) is 9.88. The number of anilines is 3. The van der Waals surface area contributed by atoms with Gasteiger partial charge in [0.15, 0.2) is 4.34 Å². The maximum Gasteiger partial charge on any atom is 0.237 e. The van der Waals surface area contributed by atoms with Gasteiger partial charge in [-0.25, -0.2) is 0 Å². The normalized spacial score (nSPS) is 11.4. The van der Waals surface area contributed by atoms with Crippen LogP contribution >= 0.6 is 23.1 Å². The van der Waals surface area contributed by atoms with Gasteiger partial charge < -0.3 is 10.6 Å². The summed E-state index contributed by atoms with van der Waals surface area (Å²) >= 11 is 2.76. The number of nitrogens with one attached hydrogen (secondary N) is 2. The highest BCUT2D eigenvalue weighted by Crippen LogP contribution is 2.31. The van der Waals surface area contributed by atoms with Crippen LogP contribution in [0.3, 0.4) is 0 Å². The van der Waals surface area contributed by atoms with E-state index in [9.17, 15) is 4.79 Å². The van der Waals surface area contributed by atoms with Crippen molar-refractivity contribution in [3.05, 3.63) is 59.7 Å². The molecule has 0 spiro atoms. The van der Waals surface area contributed by atoms with Crippen molar-refractivity contribution in [1.29, 1.82) is 5.26 Å². The van der Waals surface area contributed by atoms with Crippen LogP contribution in [-0.4, -0.2) is 21.4 Å². The molecule has 0 saturated heterocycles. The lowest BCUT2D eigenvalue weighted by molar-refractivity contribution is -0.115. The third-order valence-corrected chi connectivity index (χ3v) is 5.74. The van der Waals surface area contributed by atoms with E-state index in [2.05, 4.69) is 20.8 Å². The van der Waals surface area contributed by atoms with Gasteiger partial charge in [-0.15, -0.1) is 10.2 Å². The number of carbonyl (C=O) groups excluding carboxylic acids is 1. The number of rotatable bonds is 6. The molecule has 0 radical (unpaired) electrons. The second-order valence-corrected chi connectivity index (χ2v) is 8.32. The van der Waals surface area contributed by atoms with Gasteiger partial charge in [0, 0.05) is 11.4 Å². The molecule has 136 valence electrons. The van der Waals surface area contributed by atoms with E-state index in [4.69, 9.17) is 5.26 Å². The van der Waals surface area contributed by atoms with Crippen LogP contribution in [0.5, 0.6) is 0 Å². The Morgan fingerprint density at radius 1 is 1.19 bits per heavy atom. The number of carbonyl (C=O) groups is 1. The Morgan fingerprint density at radius 3 is 2.63 bits per heavy atom. The van der Waals surface area contributed by atoms with Crippen LogP contribution in [0.15, 0.2) is 52.9 Å². The summed E-state index contributed by atoms with van der Waals surface area (Å²) in [6.07, 6.45) is 0. The van der Waals surface area contributed by atoms with E-state index in [0.29, 0.717) is 20.7 Å². The fourth-order valence-corrected chi connectivity index (χ4v) is 4.12. The Hall–Kier alpha value is -2.89. The van der Waals surface area contributed by atoms with Crippen molar-refractivity contribution in [1.82, 2.24) is 10.2 Å². The maximum atomic E-state index is 12.4. The first-order chi connectivity index (χ1) is 13.0. The highest BCUT2D eigenvalue weighted by atomic mass is 32.2. The number of para-hydroxylation sites is 1. The number of hydrogen-bond acceptors (Lipinski definition) is 7. The predicted molar refractivity (Wildman–Crippen MR) is 109 cm³/mol. The Labute approximate surface area is 165 Å². The minimum atomic E-state index is -0.333. The van der Waals surface area contributed by atoms with Gasteiger partial charge in [0.2, 0.25) is 11.0 Å². The van der Waals surface area contributed by atoms with Crippen molar-refractivity contribution in [2.24, 2.45) is 0 Å². The standard InChI is InChI=1S/C19H17N5OS2/c1-12-5-3-4-6-16(12)22-18-23-24-19(27-18)26-13(2)17(25)21-15-9-7-14(11-20)8-10-15/h3-10,13H,1-2H3,(H,21,25)(H,22,23)/t13-/m0/s1. The Bertz CT molecular complexity index is 978. The SMILES string of the molecule is Cc1ccccc1Nc1nnc(S[C@@H](C)C(=O)Nc2ccc(C#N)cc2)s1. The van der Waals surface area contributed by atoms with Gasteiger partial charge in [-0.2, -0.15) is 5.26 Å². The number of amides is 1. The average Bonchev–Trinajstić information content (AvgIpc) is 3.11. The Morgan fingerprint density at radius 2 is 1.93 bits per heavy atom. The lowest BCUT2D eigenvalue weighted by atomic mass is 10.2.